The zero-order valence-electron chi connectivity index (χ0n) is 9.95. The first-order chi connectivity index (χ1) is 9.33. The first-order valence-electron chi connectivity index (χ1n) is 5.76. The molecule has 0 unspecified atom stereocenters. The van der Waals surface area contributed by atoms with Crippen LogP contribution in [0.5, 0.6) is 0 Å². The minimum atomic E-state index is -0.301. The number of pyridine rings is 1. The number of nitrogens with zero attached hydrogens (tertiary/aromatic N) is 3. The van der Waals surface area contributed by atoms with Gasteiger partial charge in [0.15, 0.2) is 0 Å². The van der Waals surface area contributed by atoms with E-state index >= 15 is 0 Å². The largest absolute Gasteiger partial charge is 0.305 e. The Balaban J connectivity index is 1.87. The van der Waals surface area contributed by atoms with Crippen molar-refractivity contribution in [3.05, 3.63) is 60.7 Å². The summed E-state index contributed by atoms with van der Waals surface area (Å²) in [7, 11) is 0. The Morgan fingerprint density at radius 1 is 1.05 bits per heavy atom. The number of anilines is 1. The van der Waals surface area contributed by atoms with Crippen molar-refractivity contribution in [3.63, 3.8) is 0 Å². The lowest BCUT2D eigenvalue weighted by molar-refractivity contribution is 0.102. The molecule has 0 saturated heterocycles. The molecule has 0 aliphatic rings. The number of rotatable bonds is 2. The van der Waals surface area contributed by atoms with Crippen LogP contribution in [0.2, 0.25) is 0 Å². The van der Waals surface area contributed by atoms with Crippen LogP contribution >= 0.6 is 0 Å². The first-order valence-corrected chi connectivity index (χ1v) is 5.76. The third-order valence-electron chi connectivity index (χ3n) is 2.65. The molecule has 3 rings (SSSR count). The lowest BCUT2D eigenvalue weighted by Crippen LogP contribution is -2.14. The molecule has 2 heterocycles. The molecule has 5 nitrogen and oxygen atoms in total. The number of hydrogen-bond donors (Lipinski definition) is 1. The van der Waals surface area contributed by atoms with E-state index < -0.39 is 0 Å². The highest BCUT2D eigenvalue weighted by molar-refractivity contribution is 6.02. The fraction of sp³-hybridized carbons (Fsp3) is 0. The average Bonchev–Trinajstić information content (AvgIpc) is 2.48. The van der Waals surface area contributed by atoms with Gasteiger partial charge >= 0.3 is 0 Å². The number of fused-ring (bicyclic) bond motifs is 1. The first kappa shape index (κ1) is 11.3. The second kappa shape index (κ2) is 4.81. The Morgan fingerprint density at radius 2 is 1.95 bits per heavy atom. The number of para-hydroxylation sites is 1. The summed E-state index contributed by atoms with van der Waals surface area (Å²) in [5.74, 6) is 0.201. The van der Waals surface area contributed by atoms with E-state index in [1.165, 1.54) is 12.5 Å². The third kappa shape index (κ3) is 2.40. The maximum absolute atomic E-state index is 11.9. The van der Waals surface area contributed by atoms with Crippen LogP contribution in [-0.4, -0.2) is 20.9 Å². The van der Waals surface area contributed by atoms with Crippen molar-refractivity contribution in [3.8, 4) is 0 Å². The van der Waals surface area contributed by atoms with Crippen molar-refractivity contribution >= 4 is 22.6 Å². The molecule has 0 aliphatic heterocycles. The van der Waals surface area contributed by atoms with Crippen LogP contribution in [0.15, 0.2) is 55.0 Å². The zero-order valence-corrected chi connectivity index (χ0v) is 9.95. The van der Waals surface area contributed by atoms with E-state index in [0.29, 0.717) is 11.5 Å². The molecule has 0 aliphatic carbocycles. The van der Waals surface area contributed by atoms with Gasteiger partial charge in [-0.25, -0.2) is 15.0 Å². The Hall–Kier alpha value is -2.82. The van der Waals surface area contributed by atoms with Crippen molar-refractivity contribution in [2.45, 2.75) is 0 Å². The number of nitrogens with one attached hydrogen (secondary N) is 1. The molecule has 5 heteroatoms. The van der Waals surface area contributed by atoms with Gasteiger partial charge in [0.1, 0.15) is 17.8 Å². The lowest BCUT2D eigenvalue weighted by Gasteiger charge is -2.04. The Bertz CT molecular complexity index is 728. The van der Waals surface area contributed by atoms with Crippen molar-refractivity contribution in [1.29, 1.82) is 0 Å². The highest BCUT2D eigenvalue weighted by Crippen LogP contribution is 2.14. The predicted octanol–water partition coefficient (Wildman–Crippen LogP) is 2.28. The van der Waals surface area contributed by atoms with Crippen LogP contribution in [0.4, 0.5) is 5.82 Å². The van der Waals surface area contributed by atoms with Gasteiger partial charge in [0, 0.05) is 11.6 Å². The molecule has 0 fully saturated rings. The second-order valence-electron chi connectivity index (χ2n) is 3.94. The molecule has 2 aromatic heterocycles. The van der Waals surface area contributed by atoms with Gasteiger partial charge in [-0.15, -0.1) is 0 Å². The third-order valence-corrected chi connectivity index (χ3v) is 2.65. The van der Waals surface area contributed by atoms with E-state index in [-0.39, 0.29) is 5.91 Å². The number of amides is 1. The van der Waals surface area contributed by atoms with Crippen LogP contribution in [0, 0.1) is 0 Å². The average molecular weight is 250 g/mol. The highest BCUT2D eigenvalue weighted by atomic mass is 16.1. The van der Waals surface area contributed by atoms with E-state index in [1.54, 1.807) is 12.1 Å². The molecule has 0 atom stereocenters. The summed E-state index contributed by atoms with van der Waals surface area (Å²) >= 11 is 0. The SMILES string of the molecule is O=C(Nc1ccc2ccccc2n1)c1ccncn1. The summed E-state index contributed by atoms with van der Waals surface area (Å²) in [5, 5.41) is 3.74. The summed E-state index contributed by atoms with van der Waals surface area (Å²) in [6.45, 7) is 0. The van der Waals surface area contributed by atoms with Gasteiger partial charge in [0.05, 0.1) is 5.52 Å². The standard InChI is InChI=1S/C14H10N4O/c19-14(12-7-8-15-9-16-12)18-13-6-5-10-3-1-2-4-11(10)17-13/h1-9H,(H,17,18,19). The van der Waals surface area contributed by atoms with Crippen molar-refractivity contribution < 1.29 is 4.79 Å². The molecule has 0 spiro atoms. The summed E-state index contributed by atoms with van der Waals surface area (Å²) in [6.07, 6.45) is 2.86. The minimum Gasteiger partial charge on any atom is -0.305 e. The van der Waals surface area contributed by atoms with E-state index in [9.17, 15) is 4.79 Å². The number of hydrogen-bond acceptors (Lipinski definition) is 4. The van der Waals surface area contributed by atoms with E-state index in [1.807, 2.05) is 30.3 Å². The number of aromatic nitrogens is 3. The lowest BCUT2D eigenvalue weighted by atomic mass is 10.2. The Morgan fingerprint density at radius 3 is 2.79 bits per heavy atom. The molecule has 3 aromatic rings. The molecule has 1 amide bonds. The topological polar surface area (TPSA) is 67.8 Å². The van der Waals surface area contributed by atoms with Gasteiger partial charge in [-0.2, -0.15) is 0 Å². The zero-order chi connectivity index (χ0) is 13.1. The predicted molar refractivity (Wildman–Crippen MR) is 71.7 cm³/mol. The van der Waals surface area contributed by atoms with Gasteiger partial charge in [-0.05, 0) is 24.3 Å². The molecule has 0 saturated carbocycles. The normalized spacial score (nSPS) is 10.3. The van der Waals surface area contributed by atoms with Crippen LogP contribution in [-0.2, 0) is 0 Å². The van der Waals surface area contributed by atoms with Crippen LogP contribution in [0.3, 0.4) is 0 Å². The molecule has 0 bridgehead atoms. The minimum absolute atomic E-state index is 0.301. The Kier molecular flexibility index (Phi) is 2.86. The van der Waals surface area contributed by atoms with Crippen LogP contribution in [0.1, 0.15) is 10.5 Å². The van der Waals surface area contributed by atoms with Gasteiger partial charge in [-0.1, -0.05) is 18.2 Å². The van der Waals surface area contributed by atoms with E-state index in [4.69, 9.17) is 0 Å². The quantitative estimate of drug-likeness (QED) is 0.757. The van der Waals surface area contributed by atoms with Crippen molar-refractivity contribution in [2.75, 3.05) is 5.32 Å². The van der Waals surface area contributed by atoms with E-state index in [2.05, 4.69) is 20.3 Å². The summed E-state index contributed by atoms with van der Waals surface area (Å²) < 4.78 is 0. The van der Waals surface area contributed by atoms with Gasteiger partial charge in [0.25, 0.3) is 5.91 Å². The summed E-state index contributed by atoms with van der Waals surface area (Å²) in [5.41, 5.74) is 1.15. The van der Waals surface area contributed by atoms with Crippen molar-refractivity contribution in [2.24, 2.45) is 0 Å². The molecular weight excluding hydrogens is 240 g/mol. The van der Waals surface area contributed by atoms with Gasteiger partial charge in [0.2, 0.25) is 0 Å². The number of carbonyl (C=O) groups is 1. The smallest absolute Gasteiger partial charge is 0.275 e. The Labute approximate surface area is 109 Å². The van der Waals surface area contributed by atoms with Crippen LogP contribution in [0.25, 0.3) is 10.9 Å². The van der Waals surface area contributed by atoms with Gasteiger partial charge in [-0.3, -0.25) is 4.79 Å². The molecule has 92 valence electrons. The fourth-order valence-corrected chi connectivity index (χ4v) is 1.74. The number of benzene rings is 1. The maximum atomic E-state index is 11.9. The van der Waals surface area contributed by atoms with Crippen molar-refractivity contribution in [1.82, 2.24) is 15.0 Å². The molecule has 1 aromatic carbocycles. The molecule has 19 heavy (non-hydrogen) atoms. The number of carbonyl (C=O) groups excluding carboxylic acids is 1. The van der Waals surface area contributed by atoms with Gasteiger partial charge < -0.3 is 5.32 Å². The highest BCUT2D eigenvalue weighted by Gasteiger charge is 2.07. The summed E-state index contributed by atoms with van der Waals surface area (Å²) in [4.78, 5) is 23.9. The molecule has 1 N–H and O–H groups in total. The monoisotopic (exact) mass is 250 g/mol. The summed E-state index contributed by atoms with van der Waals surface area (Å²) in [6, 6.07) is 13.0. The fourth-order valence-electron chi connectivity index (χ4n) is 1.74. The van der Waals surface area contributed by atoms with Crippen LogP contribution < -0.4 is 5.32 Å². The second-order valence-corrected chi connectivity index (χ2v) is 3.94. The van der Waals surface area contributed by atoms with E-state index in [0.717, 1.165) is 10.9 Å². The maximum Gasteiger partial charge on any atom is 0.275 e. The molecule has 0 radical (unpaired) electrons. The molecular formula is C14H10N4O.